The van der Waals surface area contributed by atoms with Crippen molar-refractivity contribution in [3.05, 3.63) is 0 Å². The Labute approximate surface area is 117 Å². The summed E-state index contributed by atoms with van der Waals surface area (Å²) in [7, 11) is 0. The first kappa shape index (κ1) is 31.5. The summed E-state index contributed by atoms with van der Waals surface area (Å²) in [6.45, 7) is -12.5. The first-order valence-electron chi connectivity index (χ1n) is 2.25. The molecule has 0 aliphatic rings. The Morgan fingerprint density at radius 2 is 0.529 bits per heavy atom. The van der Waals surface area contributed by atoms with Gasteiger partial charge in [0.15, 0.2) is 0 Å². The molecule has 112 valence electrons. The molecular weight excluding hydrogens is 405 g/mol. The van der Waals surface area contributed by atoms with E-state index in [0.29, 0.717) is 0 Å². The van der Waals surface area contributed by atoms with Crippen molar-refractivity contribution in [3.8, 4) is 0 Å². The van der Waals surface area contributed by atoms with Crippen LogP contribution in [0, 0.1) is 0 Å². The number of hydrogen-bond donors (Lipinski definition) is 6. The molecule has 0 aromatic rings. The molecule has 0 radical (unpaired) electrons. The van der Waals surface area contributed by atoms with E-state index in [1.165, 1.54) is 0 Å². The maximum atomic E-state index is 9.09. The minimum absolute atomic E-state index is 0. The quantitative estimate of drug-likeness (QED) is 0.315. The van der Waals surface area contributed by atoms with Crippen molar-refractivity contribution in [2.24, 2.45) is 0 Å². The zero-order chi connectivity index (χ0) is 13.5. The van der Waals surface area contributed by atoms with E-state index in [9.17, 15) is 0 Å². The Morgan fingerprint density at radius 1 is 0.529 bits per heavy atom. The third-order valence-corrected chi connectivity index (χ3v) is 0. The van der Waals surface area contributed by atoms with Crippen molar-refractivity contribution >= 4 is 74.4 Å². The SMILES string of the molecule is O=P(O)(O)Cl.O=P(O)(O)Cl.O=P(O)(O)Cl.P.P. The molecule has 0 fully saturated rings. The summed E-state index contributed by atoms with van der Waals surface area (Å²) >= 11 is 12.6. The van der Waals surface area contributed by atoms with Crippen LogP contribution in [-0.2, 0) is 13.7 Å². The average molecular weight is 417 g/mol. The monoisotopic (exact) mass is 416 g/mol. The lowest BCUT2D eigenvalue weighted by molar-refractivity contribution is 0.393. The molecule has 0 aromatic heterocycles. The second-order valence-electron chi connectivity index (χ2n) is 1.42. The van der Waals surface area contributed by atoms with Crippen LogP contribution in [0.3, 0.4) is 0 Å². The first-order valence-corrected chi connectivity index (χ1v) is 9.81. The normalized spacial score (nSPS) is 10.4. The number of halogens is 3. The van der Waals surface area contributed by atoms with E-state index < -0.39 is 20.8 Å². The summed E-state index contributed by atoms with van der Waals surface area (Å²) in [6.07, 6.45) is 0. The second-order valence-corrected chi connectivity index (χ2v) is 8.22. The predicted octanol–water partition coefficient (Wildman–Crippen LogP) is 1.07. The molecule has 17 heavy (non-hydrogen) atoms. The van der Waals surface area contributed by atoms with Crippen LogP contribution in [0.4, 0.5) is 0 Å². The van der Waals surface area contributed by atoms with Crippen molar-refractivity contribution in [1.82, 2.24) is 0 Å². The number of rotatable bonds is 0. The molecule has 0 aliphatic carbocycles. The Kier molecular flexibility index (Phi) is 24.4. The Bertz CT molecular complexity index is 211. The molecule has 0 bridgehead atoms. The third-order valence-electron chi connectivity index (χ3n) is 0. The zero-order valence-electron chi connectivity index (χ0n) is 7.80. The van der Waals surface area contributed by atoms with Gasteiger partial charge in [0, 0.05) is 33.7 Å². The van der Waals surface area contributed by atoms with Gasteiger partial charge < -0.3 is 29.4 Å². The maximum Gasteiger partial charge on any atom is 0.419 e. The summed E-state index contributed by atoms with van der Waals surface area (Å²) in [4.78, 5) is 44.4. The van der Waals surface area contributed by atoms with Gasteiger partial charge in [-0.1, -0.05) is 0 Å². The largest absolute Gasteiger partial charge is 0.419 e. The zero-order valence-corrected chi connectivity index (χ0v) is 15.6. The van der Waals surface area contributed by atoms with Crippen molar-refractivity contribution in [3.63, 3.8) is 0 Å². The molecule has 9 nitrogen and oxygen atoms in total. The topological polar surface area (TPSA) is 173 Å². The lowest BCUT2D eigenvalue weighted by atomic mass is 15.8. The summed E-state index contributed by atoms with van der Waals surface area (Å²) < 4.78 is 27.3. The van der Waals surface area contributed by atoms with Crippen LogP contribution in [0.5, 0.6) is 0 Å². The predicted molar refractivity (Wildman–Crippen MR) is 75.9 cm³/mol. The Hall–Kier alpha value is 2.18. The van der Waals surface area contributed by atoms with Crippen LogP contribution in [0.2, 0.25) is 0 Å². The average Bonchev–Trinajstić information content (AvgIpc) is 1.41. The van der Waals surface area contributed by atoms with E-state index in [1.807, 2.05) is 0 Å². The van der Waals surface area contributed by atoms with Crippen molar-refractivity contribution in [2.75, 3.05) is 0 Å². The van der Waals surface area contributed by atoms with Gasteiger partial charge in [-0.3, -0.25) is 0 Å². The Morgan fingerprint density at radius 3 is 0.529 bits per heavy atom. The van der Waals surface area contributed by atoms with Crippen LogP contribution in [0.1, 0.15) is 0 Å². The summed E-state index contributed by atoms with van der Waals surface area (Å²) in [6, 6.07) is 0. The first-order chi connectivity index (χ1) is 6.00. The molecule has 0 spiro atoms. The fourth-order valence-electron chi connectivity index (χ4n) is 0. The molecule has 2 atom stereocenters. The molecule has 0 saturated heterocycles. The maximum absolute atomic E-state index is 9.09. The molecule has 0 saturated carbocycles. The van der Waals surface area contributed by atoms with Gasteiger partial charge >= 0.3 is 20.8 Å². The highest BCUT2D eigenvalue weighted by atomic mass is 35.7. The van der Waals surface area contributed by atoms with Gasteiger partial charge in [-0.25, -0.2) is 13.7 Å². The minimum atomic E-state index is -4.17. The molecule has 6 N–H and O–H groups in total. The molecular formula is H12Cl3O9P5. The van der Waals surface area contributed by atoms with Crippen LogP contribution in [-0.4, -0.2) is 29.4 Å². The lowest BCUT2D eigenvalue weighted by Crippen LogP contribution is -1.54. The van der Waals surface area contributed by atoms with Gasteiger partial charge in [-0.15, -0.1) is 0 Å². The highest BCUT2D eigenvalue weighted by Gasteiger charge is 2.01. The fourth-order valence-corrected chi connectivity index (χ4v) is 0. The Balaban J connectivity index is -0.0000000400. The van der Waals surface area contributed by atoms with Gasteiger partial charge in [0.2, 0.25) is 0 Å². The van der Waals surface area contributed by atoms with Crippen molar-refractivity contribution < 1.29 is 43.1 Å². The van der Waals surface area contributed by atoms with Gasteiger partial charge in [0.05, 0.1) is 0 Å². The molecule has 17 heteroatoms. The van der Waals surface area contributed by atoms with E-state index >= 15 is 0 Å². The minimum Gasteiger partial charge on any atom is -0.313 e. The highest BCUT2D eigenvalue weighted by molar-refractivity contribution is 7.80. The lowest BCUT2D eigenvalue weighted by Gasteiger charge is -1.80. The molecule has 0 rings (SSSR count). The van der Waals surface area contributed by atoms with Gasteiger partial charge in [-0.05, 0) is 0 Å². The van der Waals surface area contributed by atoms with Crippen LogP contribution in [0.15, 0.2) is 0 Å². The van der Waals surface area contributed by atoms with E-state index in [1.54, 1.807) is 0 Å². The van der Waals surface area contributed by atoms with Crippen molar-refractivity contribution in [1.29, 1.82) is 0 Å². The molecule has 0 aliphatic heterocycles. The molecule has 0 amide bonds. The van der Waals surface area contributed by atoms with Crippen LogP contribution < -0.4 is 0 Å². The second kappa shape index (κ2) is 13.2. The standard InChI is InChI=1S/3ClH2O3P.2H3P/c3*1-5(2,3)4;;/h3*(H2,2,3,4);2*1H3. The fraction of sp³-hybridized carbons (Fsp3) is 0. The van der Waals surface area contributed by atoms with Crippen molar-refractivity contribution in [2.45, 2.75) is 0 Å². The molecule has 0 heterocycles. The van der Waals surface area contributed by atoms with Gasteiger partial charge in [-0.2, -0.15) is 19.8 Å². The molecule has 2 unspecified atom stereocenters. The summed E-state index contributed by atoms with van der Waals surface area (Å²) in [5.41, 5.74) is 0. The number of hydrogen-bond acceptors (Lipinski definition) is 3. The van der Waals surface area contributed by atoms with Crippen LogP contribution >= 0.6 is 74.4 Å². The summed E-state index contributed by atoms with van der Waals surface area (Å²) in [5.74, 6) is 0. The van der Waals surface area contributed by atoms with Gasteiger partial charge in [0.1, 0.15) is 0 Å². The smallest absolute Gasteiger partial charge is 0.313 e. The third kappa shape index (κ3) is 1000. The van der Waals surface area contributed by atoms with E-state index in [-0.39, 0.29) is 19.8 Å². The van der Waals surface area contributed by atoms with Crippen LogP contribution in [0.25, 0.3) is 0 Å². The molecule has 0 aromatic carbocycles. The highest BCUT2D eigenvalue weighted by Crippen LogP contribution is 2.40. The van der Waals surface area contributed by atoms with Gasteiger partial charge in [0.25, 0.3) is 0 Å². The van der Waals surface area contributed by atoms with E-state index in [4.69, 9.17) is 43.1 Å². The van der Waals surface area contributed by atoms with E-state index in [0.717, 1.165) is 0 Å². The summed E-state index contributed by atoms with van der Waals surface area (Å²) in [5, 5.41) is 0. The van der Waals surface area contributed by atoms with E-state index in [2.05, 4.69) is 33.7 Å².